The summed E-state index contributed by atoms with van der Waals surface area (Å²) >= 11 is 0. The number of carbonyl (C=O) groups excluding carboxylic acids is 3. The van der Waals surface area contributed by atoms with E-state index in [0.29, 0.717) is 17.8 Å². The minimum absolute atomic E-state index is 0.0984. The van der Waals surface area contributed by atoms with Crippen LogP contribution in [0.15, 0.2) is 35.6 Å². The van der Waals surface area contributed by atoms with Crippen molar-refractivity contribution in [3.05, 3.63) is 35.6 Å². The van der Waals surface area contributed by atoms with Gasteiger partial charge in [-0.15, -0.1) is 0 Å². The Morgan fingerprint density at radius 3 is 2.77 bits per heavy atom. The first-order valence-corrected chi connectivity index (χ1v) is 8.85. The molecule has 0 N–H and O–H groups in total. The predicted molar refractivity (Wildman–Crippen MR) is 92.8 cm³/mol. The molecule has 0 aromatic carbocycles. The van der Waals surface area contributed by atoms with Gasteiger partial charge in [-0.2, -0.15) is 0 Å². The highest BCUT2D eigenvalue weighted by Crippen LogP contribution is 2.44. The first kappa shape index (κ1) is 18.4. The zero-order chi connectivity index (χ0) is 19.2. The molecule has 0 radical (unpaired) electrons. The second-order valence-electron chi connectivity index (χ2n) is 7.49. The van der Waals surface area contributed by atoms with Crippen molar-refractivity contribution in [1.29, 1.82) is 0 Å². The Balaban J connectivity index is 2.00. The quantitative estimate of drug-likeness (QED) is 0.556. The average Bonchev–Trinajstić information content (AvgIpc) is 3.03. The number of ketones is 1. The van der Waals surface area contributed by atoms with Gasteiger partial charge in [0.05, 0.1) is 5.92 Å². The van der Waals surface area contributed by atoms with Gasteiger partial charge in [-0.25, -0.2) is 9.59 Å². The van der Waals surface area contributed by atoms with Crippen molar-refractivity contribution < 1.29 is 28.6 Å². The van der Waals surface area contributed by atoms with E-state index in [1.165, 1.54) is 6.08 Å². The number of hydrogen-bond acceptors (Lipinski definition) is 6. The SMILES string of the molecule is C=C1C(=O)O[C@@H]2C[C@H](C)C3=CC(=O)[C@@](C)(C[C@H](OC(=O)/C(C)=C\C)[C@@H]12)O3. The summed E-state index contributed by atoms with van der Waals surface area (Å²) in [5.41, 5.74) is -0.395. The smallest absolute Gasteiger partial charge is 0.334 e. The summed E-state index contributed by atoms with van der Waals surface area (Å²) in [5.74, 6) is -1.13. The van der Waals surface area contributed by atoms with Crippen molar-refractivity contribution in [1.82, 2.24) is 0 Å². The van der Waals surface area contributed by atoms with Crippen LogP contribution in [-0.2, 0) is 28.6 Å². The minimum Gasteiger partial charge on any atom is -0.483 e. The Labute approximate surface area is 152 Å². The third-order valence-electron chi connectivity index (χ3n) is 5.54. The number of hydrogen-bond donors (Lipinski definition) is 0. The first-order chi connectivity index (χ1) is 12.2. The lowest BCUT2D eigenvalue weighted by Gasteiger charge is -2.31. The molecule has 6 heteroatoms. The minimum atomic E-state index is -1.13. The summed E-state index contributed by atoms with van der Waals surface area (Å²) in [6, 6.07) is 0. The number of esters is 2. The van der Waals surface area contributed by atoms with Crippen LogP contribution in [0, 0.1) is 11.8 Å². The lowest BCUT2D eigenvalue weighted by Crippen LogP contribution is -2.43. The molecular formula is C20H24O6. The van der Waals surface area contributed by atoms with Gasteiger partial charge >= 0.3 is 11.9 Å². The molecule has 2 saturated heterocycles. The normalized spacial score (nSPS) is 37.0. The Morgan fingerprint density at radius 1 is 1.42 bits per heavy atom. The van der Waals surface area contributed by atoms with E-state index < -0.39 is 35.7 Å². The van der Waals surface area contributed by atoms with Gasteiger partial charge in [0.2, 0.25) is 5.78 Å². The van der Waals surface area contributed by atoms with E-state index in [9.17, 15) is 14.4 Å². The fourth-order valence-corrected chi connectivity index (χ4v) is 3.75. The number of fused-ring (bicyclic) bond motifs is 3. The van der Waals surface area contributed by atoms with Crippen LogP contribution in [0.4, 0.5) is 0 Å². The Kier molecular flexibility index (Phi) is 4.54. The van der Waals surface area contributed by atoms with Crippen molar-refractivity contribution >= 4 is 17.7 Å². The third-order valence-corrected chi connectivity index (χ3v) is 5.54. The number of ether oxygens (including phenoxy) is 3. The van der Waals surface area contributed by atoms with Crippen molar-refractivity contribution in [2.45, 2.75) is 58.3 Å². The highest BCUT2D eigenvalue weighted by molar-refractivity contribution is 5.99. The second-order valence-corrected chi connectivity index (χ2v) is 7.49. The monoisotopic (exact) mass is 360 g/mol. The fraction of sp³-hybridized carbons (Fsp3) is 0.550. The van der Waals surface area contributed by atoms with Crippen molar-refractivity contribution in [2.24, 2.45) is 11.8 Å². The summed E-state index contributed by atoms with van der Waals surface area (Å²) in [4.78, 5) is 37.0. The van der Waals surface area contributed by atoms with Gasteiger partial charge in [-0.05, 0) is 27.2 Å². The molecule has 0 aromatic rings. The molecule has 0 saturated carbocycles. The molecule has 0 aromatic heterocycles. The van der Waals surface area contributed by atoms with Crippen LogP contribution in [0.25, 0.3) is 0 Å². The lowest BCUT2D eigenvalue weighted by atomic mass is 9.80. The maximum Gasteiger partial charge on any atom is 0.334 e. The largest absolute Gasteiger partial charge is 0.483 e. The number of rotatable bonds is 2. The summed E-state index contributed by atoms with van der Waals surface area (Å²) in [5, 5.41) is 0. The van der Waals surface area contributed by atoms with E-state index >= 15 is 0 Å². The van der Waals surface area contributed by atoms with Crippen LogP contribution in [-0.4, -0.2) is 35.5 Å². The van der Waals surface area contributed by atoms with Gasteiger partial charge < -0.3 is 14.2 Å². The van der Waals surface area contributed by atoms with E-state index in [1.807, 2.05) is 6.92 Å². The molecule has 6 nitrogen and oxygen atoms in total. The fourth-order valence-electron chi connectivity index (χ4n) is 3.75. The van der Waals surface area contributed by atoms with Gasteiger partial charge in [0.15, 0.2) is 5.60 Å². The average molecular weight is 360 g/mol. The molecule has 3 heterocycles. The van der Waals surface area contributed by atoms with Crippen LogP contribution in [0.1, 0.15) is 40.5 Å². The van der Waals surface area contributed by atoms with Crippen molar-refractivity contribution in [3.63, 3.8) is 0 Å². The van der Waals surface area contributed by atoms with E-state index in [2.05, 4.69) is 6.58 Å². The second kappa shape index (κ2) is 6.41. The molecule has 0 spiro atoms. The lowest BCUT2D eigenvalue weighted by molar-refractivity contribution is -0.153. The van der Waals surface area contributed by atoms with Crippen molar-refractivity contribution in [3.8, 4) is 0 Å². The van der Waals surface area contributed by atoms with Crippen LogP contribution in [0.3, 0.4) is 0 Å². The first-order valence-electron chi connectivity index (χ1n) is 8.85. The molecule has 0 aliphatic carbocycles. The highest BCUT2D eigenvalue weighted by Gasteiger charge is 2.53. The van der Waals surface area contributed by atoms with Crippen LogP contribution < -0.4 is 0 Å². The van der Waals surface area contributed by atoms with E-state index in [-0.39, 0.29) is 23.7 Å². The summed E-state index contributed by atoms with van der Waals surface area (Å²) in [7, 11) is 0. The molecule has 26 heavy (non-hydrogen) atoms. The molecule has 140 valence electrons. The molecule has 2 bridgehead atoms. The maximum atomic E-state index is 12.5. The Hall–Kier alpha value is -2.37. The van der Waals surface area contributed by atoms with Crippen LogP contribution >= 0.6 is 0 Å². The van der Waals surface area contributed by atoms with E-state index in [4.69, 9.17) is 14.2 Å². The molecule has 0 amide bonds. The molecule has 3 rings (SSSR count). The zero-order valence-corrected chi connectivity index (χ0v) is 15.5. The van der Waals surface area contributed by atoms with Gasteiger partial charge in [-0.3, -0.25) is 4.79 Å². The van der Waals surface area contributed by atoms with Crippen LogP contribution in [0.2, 0.25) is 0 Å². The number of carbonyl (C=O) groups is 3. The standard InChI is InChI=1S/C20H24O6/c1-6-10(2)18(22)25-15-9-20(5)16(21)8-13(26-20)11(3)7-14-17(15)12(4)19(23)24-14/h6,8,11,14-15,17H,4,7,9H2,1-3,5H3/b10-6-/t11-,14+,15-,17-,20+/m0/s1. The molecule has 5 atom stereocenters. The molecular weight excluding hydrogens is 336 g/mol. The van der Waals surface area contributed by atoms with Gasteiger partial charge in [0.25, 0.3) is 0 Å². The van der Waals surface area contributed by atoms with Gasteiger partial charge in [0, 0.05) is 29.6 Å². The maximum absolute atomic E-state index is 12.5. The molecule has 0 unspecified atom stereocenters. The Morgan fingerprint density at radius 2 is 2.12 bits per heavy atom. The molecule has 3 aliphatic heterocycles. The zero-order valence-electron chi connectivity index (χ0n) is 15.5. The molecule has 3 aliphatic rings. The Bertz CT molecular complexity index is 745. The highest BCUT2D eigenvalue weighted by atomic mass is 16.6. The summed E-state index contributed by atoms with van der Waals surface area (Å²) in [6.45, 7) is 10.9. The predicted octanol–water partition coefficient (Wildman–Crippen LogP) is 2.63. The third kappa shape index (κ3) is 2.97. The van der Waals surface area contributed by atoms with Gasteiger partial charge in [0.1, 0.15) is 18.0 Å². The summed E-state index contributed by atoms with van der Waals surface area (Å²) < 4.78 is 17.2. The van der Waals surface area contributed by atoms with Crippen molar-refractivity contribution in [2.75, 3.05) is 0 Å². The topological polar surface area (TPSA) is 78.9 Å². The molecule has 2 fully saturated rings. The number of allylic oxidation sites excluding steroid dienone is 2. The van der Waals surface area contributed by atoms with Crippen LogP contribution in [0.5, 0.6) is 0 Å². The van der Waals surface area contributed by atoms with Gasteiger partial charge in [-0.1, -0.05) is 19.6 Å². The summed E-state index contributed by atoms with van der Waals surface area (Å²) in [6.07, 6.45) is 2.57. The van der Waals surface area contributed by atoms with E-state index in [1.54, 1.807) is 26.8 Å². The van der Waals surface area contributed by atoms with E-state index in [0.717, 1.165) is 0 Å².